The van der Waals surface area contributed by atoms with Gasteiger partial charge in [-0.2, -0.15) is 0 Å². The highest BCUT2D eigenvalue weighted by Crippen LogP contribution is 2.36. The monoisotopic (exact) mass is 439 g/mol. The third kappa shape index (κ3) is 6.49. The molecular formula is C26H33NO5. The van der Waals surface area contributed by atoms with E-state index < -0.39 is 17.6 Å². The molecule has 0 spiro atoms. The molecule has 1 aliphatic rings. The first-order valence-electron chi connectivity index (χ1n) is 11.2. The number of rotatable bonds is 6. The second-order valence-corrected chi connectivity index (χ2v) is 9.03. The zero-order chi connectivity index (χ0) is 23.1. The molecule has 2 atom stereocenters. The zero-order valence-electron chi connectivity index (χ0n) is 19.4. The maximum absolute atomic E-state index is 12.8. The molecule has 2 unspecified atom stereocenters. The van der Waals surface area contributed by atoms with Crippen LogP contribution < -0.4 is 4.74 Å². The van der Waals surface area contributed by atoms with Gasteiger partial charge < -0.3 is 19.1 Å². The van der Waals surface area contributed by atoms with Crippen molar-refractivity contribution in [3.8, 4) is 5.75 Å². The van der Waals surface area contributed by atoms with Gasteiger partial charge in [-0.15, -0.1) is 0 Å². The smallest absolute Gasteiger partial charge is 0.410 e. The number of ether oxygens (including phenoxy) is 3. The summed E-state index contributed by atoms with van der Waals surface area (Å²) < 4.78 is 16.8. The zero-order valence-corrected chi connectivity index (χ0v) is 19.4. The lowest BCUT2D eigenvalue weighted by Gasteiger charge is -2.38. The van der Waals surface area contributed by atoms with Gasteiger partial charge in [0.25, 0.3) is 0 Å². The summed E-state index contributed by atoms with van der Waals surface area (Å²) in [6.07, 6.45) is 0.246. The number of carbonyl (C=O) groups excluding carboxylic acids is 2. The van der Waals surface area contributed by atoms with Gasteiger partial charge in [-0.1, -0.05) is 42.5 Å². The van der Waals surface area contributed by atoms with E-state index in [1.54, 1.807) is 11.8 Å². The van der Waals surface area contributed by atoms with Gasteiger partial charge in [0.05, 0.1) is 12.5 Å². The molecular weight excluding hydrogens is 406 g/mol. The quantitative estimate of drug-likeness (QED) is 0.581. The molecule has 0 N–H and O–H groups in total. The summed E-state index contributed by atoms with van der Waals surface area (Å²) >= 11 is 0. The van der Waals surface area contributed by atoms with Gasteiger partial charge in [0.2, 0.25) is 0 Å². The Morgan fingerprint density at radius 3 is 2.50 bits per heavy atom. The van der Waals surface area contributed by atoms with Crippen LogP contribution in [0, 0.1) is 5.92 Å². The first-order chi connectivity index (χ1) is 15.3. The van der Waals surface area contributed by atoms with E-state index in [-0.39, 0.29) is 18.4 Å². The number of carbonyl (C=O) groups is 2. The molecule has 3 rings (SSSR count). The molecule has 0 radical (unpaired) electrons. The fourth-order valence-corrected chi connectivity index (χ4v) is 3.91. The highest BCUT2D eigenvalue weighted by Gasteiger charge is 2.39. The van der Waals surface area contributed by atoms with E-state index in [4.69, 9.17) is 14.2 Å². The maximum atomic E-state index is 12.8. The van der Waals surface area contributed by atoms with E-state index in [0.29, 0.717) is 26.2 Å². The van der Waals surface area contributed by atoms with Crippen LogP contribution in [0.2, 0.25) is 0 Å². The Bertz CT molecular complexity index is 906. The van der Waals surface area contributed by atoms with Crippen molar-refractivity contribution >= 4 is 12.1 Å². The normalized spacial score (nSPS) is 18.7. The summed E-state index contributed by atoms with van der Waals surface area (Å²) in [6.45, 7) is 8.86. The summed E-state index contributed by atoms with van der Waals surface area (Å²) in [6, 6.07) is 17.8. The Labute approximate surface area is 190 Å². The minimum atomic E-state index is -0.586. The molecule has 32 heavy (non-hydrogen) atoms. The maximum Gasteiger partial charge on any atom is 0.410 e. The minimum absolute atomic E-state index is 0.0620. The van der Waals surface area contributed by atoms with Crippen molar-refractivity contribution in [3.05, 3.63) is 65.7 Å². The first-order valence-corrected chi connectivity index (χ1v) is 11.2. The lowest BCUT2D eigenvalue weighted by molar-refractivity contribution is -0.150. The summed E-state index contributed by atoms with van der Waals surface area (Å²) in [5, 5.41) is 0. The van der Waals surface area contributed by atoms with Crippen LogP contribution >= 0.6 is 0 Å². The van der Waals surface area contributed by atoms with Crippen LogP contribution in [0.5, 0.6) is 5.75 Å². The topological polar surface area (TPSA) is 65.1 Å². The van der Waals surface area contributed by atoms with E-state index in [2.05, 4.69) is 0 Å². The number of likely N-dealkylation sites (tertiary alicyclic amines) is 1. The van der Waals surface area contributed by atoms with Crippen LogP contribution in [0.25, 0.3) is 0 Å². The van der Waals surface area contributed by atoms with Gasteiger partial charge in [-0.3, -0.25) is 4.79 Å². The van der Waals surface area contributed by atoms with Crippen LogP contribution in [-0.2, 0) is 20.9 Å². The van der Waals surface area contributed by atoms with Crippen molar-refractivity contribution in [2.24, 2.45) is 5.92 Å². The fourth-order valence-electron chi connectivity index (χ4n) is 3.91. The molecule has 2 aromatic rings. The van der Waals surface area contributed by atoms with Gasteiger partial charge in [-0.05, 0) is 57.4 Å². The average molecular weight is 440 g/mol. The van der Waals surface area contributed by atoms with Crippen LogP contribution in [0.3, 0.4) is 0 Å². The third-order valence-electron chi connectivity index (χ3n) is 5.39. The summed E-state index contributed by atoms with van der Waals surface area (Å²) in [5.41, 5.74) is 1.52. The molecule has 1 amide bonds. The predicted molar refractivity (Wildman–Crippen MR) is 123 cm³/mol. The van der Waals surface area contributed by atoms with Crippen molar-refractivity contribution in [1.29, 1.82) is 0 Å². The van der Waals surface area contributed by atoms with Gasteiger partial charge in [0.1, 0.15) is 18.0 Å². The van der Waals surface area contributed by atoms with Crippen LogP contribution in [0.15, 0.2) is 54.6 Å². The van der Waals surface area contributed by atoms with Gasteiger partial charge in [0, 0.05) is 19.0 Å². The number of hydrogen-bond acceptors (Lipinski definition) is 5. The van der Waals surface area contributed by atoms with E-state index in [1.807, 2.05) is 75.4 Å². The predicted octanol–water partition coefficient (Wildman–Crippen LogP) is 5.17. The minimum Gasteiger partial charge on any atom is -0.489 e. The molecule has 6 nitrogen and oxygen atoms in total. The summed E-state index contributed by atoms with van der Waals surface area (Å²) in [5.74, 6) is -0.0569. The number of amides is 1. The highest BCUT2D eigenvalue weighted by molar-refractivity contribution is 5.76. The molecule has 1 heterocycles. The number of piperidine rings is 1. The standard InChI is InChI=1S/C26H33NO5/c1-5-30-24(28)23-17-27(25(29)32-26(2,3)4)15-14-22(23)20-12-9-13-21(16-20)31-18-19-10-7-6-8-11-19/h6-13,16,22-23H,5,14-15,17-18H2,1-4H3. The Morgan fingerprint density at radius 1 is 1.06 bits per heavy atom. The van der Waals surface area contributed by atoms with Crippen molar-refractivity contribution in [1.82, 2.24) is 4.90 Å². The van der Waals surface area contributed by atoms with Crippen molar-refractivity contribution < 1.29 is 23.8 Å². The number of nitrogens with zero attached hydrogens (tertiary/aromatic N) is 1. The van der Waals surface area contributed by atoms with Gasteiger partial charge in [-0.25, -0.2) is 4.79 Å². The van der Waals surface area contributed by atoms with E-state index >= 15 is 0 Å². The SMILES string of the molecule is CCOC(=O)C1CN(C(=O)OC(C)(C)C)CCC1c1cccc(OCc2ccccc2)c1. The average Bonchev–Trinajstić information content (AvgIpc) is 2.77. The lowest BCUT2D eigenvalue weighted by Crippen LogP contribution is -2.47. The van der Waals surface area contributed by atoms with E-state index in [0.717, 1.165) is 16.9 Å². The van der Waals surface area contributed by atoms with Crippen molar-refractivity contribution in [3.63, 3.8) is 0 Å². The molecule has 1 saturated heterocycles. The summed E-state index contributed by atoms with van der Waals surface area (Å²) in [4.78, 5) is 27.0. The molecule has 0 saturated carbocycles. The highest BCUT2D eigenvalue weighted by atomic mass is 16.6. The number of hydrogen-bond donors (Lipinski definition) is 0. The molecule has 1 aliphatic heterocycles. The van der Waals surface area contributed by atoms with Gasteiger partial charge in [0.15, 0.2) is 0 Å². The summed E-state index contributed by atoms with van der Waals surface area (Å²) in [7, 11) is 0. The largest absolute Gasteiger partial charge is 0.489 e. The third-order valence-corrected chi connectivity index (χ3v) is 5.39. The first kappa shape index (κ1) is 23.6. The number of benzene rings is 2. The molecule has 0 bridgehead atoms. The Kier molecular flexibility index (Phi) is 7.78. The van der Waals surface area contributed by atoms with E-state index in [1.165, 1.54) is 0 Å². The second kappa shape index (κ2) is 10.5. The fraction of sp³-hybridized carbons (Fsp3) is 0.462. The lowest BCUT2D eigenvalue weighted by atomic mass is 9.80. The van der Waals surface area contributed by atoms with Gasteiger partial charge >= 0.3 is 12.1 Å². The van der Waals surface area contributed by atoms with E-state index in [9.17, 15) is 9.59 Å². The molecule has 0 aromatic heterocycles. The molecule has 0 aliphatic carbocycles. The Morgan fingerprint density at radius 2 is 1.81 bits per heavy atom. The van der Waals surface area contributed by atoms with Crippen LogP contribution in [0.4, 0.5) is 4.79 Å². The second-order valence-electron chi connectivity index (χ2n) is 9.03. The molecule has 6 heteroatoms. The van der Waals surface area contributed by atoms with Crippen LogP contribution in [0.1, 0.15) is 51.2 Å². The Balaban J connectivity index is 1.75. The molecule has 172 valence electrons. The Hall–Kier alpha value is -3.02. The van der Waals surface area contributed by atoms with Crippen LogP contribution in [-0.4, -0.2) is 42.3 Å². The number of esters is 1. The molecule has 2 aromatic carbocycles. The van der Waals surface area contributed by atoms with Crippen molar-refractivity contribution in [2.75, 3.05) is 19.7 Å². The van der Waals surface area contributed by atoms with Crippen molar-refractivity contribution in [2.45, 2.75) is 52.2 Å². The molecule has 1 fully saturated rings.